The lowest BCUT2D eigenvalue weighted by Gasteiger charge is -2.02. The minimum absolute atomic E-state index is 1.16. The van der Waals surface area contributed by atoms with Crippen LogP contribution in [-0.4, -0.2) is 19.9 Å². The molecular weight excluding hydrogens is 217 g/mol. The number of nitro groups is 1. The van der Waals surface area contributed by atoms with Crippen molar-refractivity contribution in [2.24, 2.45) is 0 Å². The fraction of sp³-hybridized carbons (Fsp3) is 0.500. The smallest absolute Gasteiger partial charge is 0.443 e. The summed E-state index contributed by atoms with van der Waals surface area (Å²) >= 11 is 7.00. The third-order valence-corrected chi connectivity index (χ3v) is 1.42. The molecule has 0 saturated heterocycles. The molecular formula is C2HBrClNO4. The second-order valence-corrected chi connectivity index (χ2v) is 3.25. The van der Waals surface area contributed by atoms with Crippen LogP contribution < -0.4 is 0 Å². The van der Waals surface area contributed by atoms with Gasteiger partial charge < -0.3 is 5.11 Å². The van der Waals surface area contributed by atoms with Crippen molar-refractivity contribution >= 4 is 33.5 Å². The largest absolute Gasteiger partial charge is 0.474 e. The summed E-state index contributed by atoms with van der Waals surface area (Å²) in [5.74, 6) is -1.74. The van der Waals surface area contributed by atoms with Gasteiger partial charge in [0.15, 0.2) is 0 Å². The third kappa shape index (κ3) is 1.79. The van der Waals surface area contributed by atoms with E-state index in [-0.39, 0.29) is 0 Å². The van der Waals surface area contributed by atoms with Gasteiger partial charge in [0.05, 0.1) is 4.92 Å². The first kappa shape index (κ1) is 8.64. The molecule has 0 spiro atoms. The molecule has 9 heavy (non-hydrogen) atoms. The second-order valence-electron chi connectivity index (χ2n) is 1.10. The Bertz CT molecular complexity index is 141. The molecule has 0 fully saturated rings. The van der Waals surface area contributed by atoms with E-state index in [0.29, 0.717) is 0 Å². The van der Waals surface area contributed by atoms with Crippen molar-refractivity contribution in [3.05, 3.63) is 10.1 Å². The third-order valence-electron chi connectivity index (χ3n) is 0.487. The lowest BCUT2D eigenvalue weighted by atomic mass is 10.7. The molecule has 0 aromatic carbocycles. The van der Waals surface area contributed by atoms with E-state index in [1.54, 1.807) is 0 Å². The Hall–Kier alpha value is -0.360. The monoisotopic (exact) mass is 217 g/mol. The van der Waals surface area contributed by atoms with Crippen molar-refractivity contribution in [3.63, 3.8) is 0 Å². The number of carboxylic acid groups (broad SMARTS) is 1. The molecule has 7 heteroatoms. The van der Waals surface area contributed by atoms with Gasteiger partial charge in [-0.25, -0.2) is 4.79 Å². The maximum absolute atomic E-state index is 9.84. The van der Waals surface area contributed by atoms with Crippen LogP contribution in [0.2, 0.25) is 0 Å². The zero-order chi connectivity index (χ0) is 7.65. The van der Waals surface area contributed by atoms with Crippen LogP contribution >= 0.6 is 27.5 Å². The maximum Gasteiger partial charge on any atom is 0.443 e. The highest BCUT2D eigenvalue weighted by molar-refractivity contribution is 9.10. The fourth-order valence-electron chi connectivity index (χ4n) is 0.0781. The van der Waals surface area contributed by atoms with Crippen LogP contribution in [-0.2, 0) is 4.79 Å². The van der Waals surface area contributed by atoms with Gasteiger partial charge in [-0.2, -0.15) is 0 Å². The van der Waals surface area contributed by atoms with Gasteiger partial charge in [-0.15, -0.1) is 0 Å². The summed E-state index contributed by atoms with van der Waals surface area (Å²) in [5, 5.41) is 17.7. The number of halogens is 2. The lowest BCUT2D eigenvalue weighted by molar-refractivity contribution is -0.498. The Morgan fingerprint density at radius 2 is 2.22 bits per heavy atom. The van der Waals surface area contributed by atoms with E-state index in [0.717, 1.165) is 0 Å². The Kier molecular flexibility index (Phi) is 2.39. The average molecular weight is 218 g/mol. The van der Waals surface area contributed by atoms with Crippen molar-refractivity contribution in [3.8, 4) is 0 Å². The van der Waals surface area contributed by atoms with Crippen molar-refractivity contribution in [1.82, 2.24) is 0 Å². The average Bonchev–Trinajstić information content (AvgIpc) is 1.65. The number of hydrogen-bond donors (Lipinski definition) is 1. The van der Waals surface area contributed by atoms with Gasteiger partial charge in [0.25, 0.3) is 0 Å². The van der Waals surface area contributed by atoms with E-state index >= 15 is 0 Å². The summed E-state index contributed by atoms with van der Waals surface area (Å²) in [4.78, 5) is 18.4. The molecule has 1 N–H and O–H groups in total. The Morgan fingerprint density at radius 3 is 2.22 bits per heavy atom. The van der Waals surface area contributed by atoms with Gasteiger partial charge in [-0.1, -0.05) is 0 Å². The Morgan fingerprint density at radius 1 is 1.89 bits per heavy atom. The van der Waals surface area contributed by atoms with Gasteiger partial charge in [0.1, 0.15) is 0 Å². The molecule has 0 saturated carbocycles. The summed E-state index contributed by atoms with van der Waals surface area (Å²) < 4.78 is -2.58. The molecule has 52 valence electrons. The zero-order valence-electron chi connectivity index (χ0n) is 3.88. The van der Waals surface area contributed by atoms with Crippen LogP contribution in [0.15, 0.2) is 0 Å². The van der Waals surface area contributed by atoms with Crippen LogP contribution in [0.3, 0.4) is 0 Å². The normalized spacial score (nSPS) is 16.2. The number of hydrogen-bond acceptors (Lipinski definition) is 3. The van der Waals surface area contributed by atoms with E-state index in [9.17, 15) is 14.9 Å². The number of alkyl halides is 2. The quantitative estimate of drug-likeness (QED) is 0.319. The number of carboxylic acids is 1. The minimum Gasteiger partial charge on any atom is -0.474 e. The molecule has 0 rings (SSSR count). The molecule has 0 amide bonds. The summed E-state index contributed by atoms with van der Waals surface area (Å²) in [6.07, 6.45) is 0. The highest BCUT2D eigenvalue weighted by atomic mass is 79.9. The number of nitrogens with zero attached hydrogens (tertiary/aromatic N) is 1. The van der Waals surface area contributed by atoms with Crippen LogP contribution in [0.1, 0.15) is 0 Å². The summed E-state index contributed by atoms with van der Waals surface area (Å²) in [6.45, 7) is 0. The Labute approximate surface area is 62.9 Å². The summed E-state index contributed by atoms with van der Waals surface area (Å²) in [6, 6.07) is 0. The first-order valence-corrected chi connectivity index (χ1v) is 2.82. The topological polar surface area (TPSA) is 80.4 Å². The molecule has 0 heterocycles. The lowest BCUT2D eigenvalue weighted by Crippen LogP contribution is -2.33. The Balaban J connectivity index is 4.38. The molecule has 0 radical (unpaired) electrons. The first-order chi connectivity index (χ1) is 3.89. The second kappa shape index (κ2) is 2.49. The van der Waals surface area contributed by atoms with Gasteiger partial charge in [0, 0.05) is 15.9 Å². The number of aliphatic carboxylic acids is 1. The molecule has 0 aliphatic rings. The minimum atomic E-state index is -2.58. The molecule has 0 aromatic rings. The first-order valence-electron chi connectivity index (χ1n) is 1.64. The molecule has 1 unspecified atom stereocenters. The van der Waals surface area contributed by atoms with Crippen LogP contribution in [0.4, 0.5) is 0 Å². The van der Waals surface area contributed by atoms with E-state index in [1.165, 1.54) is 0 Å². The van der Waals surface area contributed by atoms with E-state index in [1.807, 2.05) is 0 Å². The van der Waals surface area contributed by atoms with Crippen molar-refractivity contribution in [2.75, 3.05) is 0 Å². The van der Waals surface area contributed by atoms with Crippen molar-refractivity contribution in [1.29, 1.82) is 0 Å². The fourth-order valence-corrected chi connectivity index (χ4v) is 0.0781. The highest BCUT2D eigenvalue weighted by Gasteiger charge is 2.46. The van der Waals surface area contributed by atoms with Crippen LogP contribution in [0.25, 0.3) is 0 Å². The molecule has 1 atom stereocenters. The van der Waals surface area contributed by atoms with Crippen molar-refractivity contribution < 1.29 is 14.8 Å². The zero-order valence-corrected chi connectivity index (χ0v) is 6.22. The number of carbonyl (C=O) groups is 1. The number of rotatable bonds is 2. The SMILES string of the molecule is O=C(O)C(Cl)(Br)[N+](=O)[O-]. The summed E-state index contributed by atoms with van der Waals surface area (Å²) in [5.41, 5.74) is 0. The van der Waals surface area contributed by atoms with E-state index in [2.05, 4.69) is 15.9 Å². The maximum atomic E-state index is 9.84. The molecule has 5 nitrogen and oxygen atoms in total. The van der Waals surface area contributed by atoms with Gasteiger partial charge in [-0.3, -0.25) is 10.1 Å². The van der Waals surface area contributed by atoms with Gasteiger partial charge in [-0.05, 0) is 11.6 Å². The van der Waals surface area contributed by atoms with Crippen molar-refractivity contribution in [2.45, 2.75) is 3.91 Å². The van der Waals surface area contributed by atoms with Crippen LogP contribution in [0.5, 0.6) is 0 Å². The standard InChI is InChI=1S/C2HBrClNO4/c3-2(4,1(6)7)5(8)9/h(H,6,7). The van der Waals surface area contributed by atoms with Crippen LogP contribution in [0, 0.1) is 10.1 Å². The van der Waals surface area contributed by atoms with E-state index in [4.69, 9.17) is 16.7 Å². The van der Waals surface area contributed by atoms with E-state index < -0.39 is 14.8 Å². The van der Waals surface area contributed by atoms with Gasteiger partial charge >= 0.3 is 9.88 Å². The molecule has 0 aromatic heterocycles. The molecule has 0 bridgehead atoms. The highest BCUT2D eigenvalue weighted by Crippen LogP contribution is 2.23. The predicted octanol–water partition coefficient (Wildman–Crippen LogP) is 0.635. The van der Waals surface area contributed by atoms with Gasteiger partial charge in [0.2, 0.25) is 0 Å². The molecule has 0 aliphatic heterocycles. The predicted molar refractivity (Wildman–Crippen MR) is 32.1 cm³/mol. The summed E-state index contributed by atoms with van der Waals surface area (Å²) in [7, 11) is 0. The molecule has 0 aliphatic carbocycles.